The first-order chi connectivity index (χ1) is 32.1. The summed E-state index contributed by atoms with van der Waals surface area (Å²) in [6.45, 7) is 3.82. The van der Waals surface area contributed by atoms with Crippen molar-refractivity contribution in [2.24, 2.45) is 17.1 Å². The number of hydrogen-bond acceptors (Lipinski definition) is 21. The number of amides is 3. The van der Waals surface area contributed by atoms with Crippen LogP contribution in [0, 0.1) is 11.3 Å². The van der Waals surface area contributed by atoms with E-state index in [1.54, 1.807) is 12.1 Å². The number of thioether (sulfide) groups is 1. The van der Waals surface area contributed by atoms with Crippen LogP contribution in [0.2, 0.25) is 0 Å². The second kappa shape index (κ2) is 25.0. The Labute approximate surface area is 399 Å². The Balaban J connectivity index is 1.19. The van der Waals surface area contributed by atoms with Crippen LogP contribution in [-0.2, 0) is 61.9 Å². The average Bonchev–Trinajstić information content (AvgIpc) is 3.82. The molecule has 4 rings (SSSR count). The van der Waals surface area contributed by atoms with Crippen molar-refractivity contribution in [1.29, 1.82) is 0 Å². The number of hydrogen-bond donors (Lipinski definition) is 12. The van der Waals surface area contributed by atoms with E-state index >= 15 is 0 Å². The zero-order valence-corrected chi connectivity index (χ0v) is 41.1. The number of rotatable bonds is 27. The molecule has 69 heavy (non-hydrogen) atoms. The maximum Gasteiger partial charge on any atom is 0.481 e. The number of nitrogen functional groups attached to an aromatic ring is 1. The number of benzene rings is 1. The minimum Gasteiger partial charge on any atom is -0.386 e. The number of nitrogens with zero attached hydrogens (tertiary/aromatic N) is 4. The van der Waals surface area contributed by atoms with Gasteiger partial charge in [0.15, 0.2) is 17.7 Å². The number of carbonyl (C=O) groups excluding carboxylic acids is 4. The zero-order chi connectivity index (χ0) is 51.5. The van der Waals surface area contributed by atoms with E-state index in [9.17, 15) is 67.8 Å². The summed E-state index contributed by atoms with van der Waals surface area (Å²) in [6.07, 6.45) is -8.25. The van der Waals surface area contributed by atoms with Crippen molar-refractivity contribution in [2.75, 3.05) is 37.8 Å². The zero-order valence-electron chi connectivity index (χ0n) is 37.6. The van der Waals surface area contributed by atoms with Crippen LogP contribution in [0.3, 0.4) is 0 Å². The van der Waals surface area contributed by atoms with Gasteiger partial charge in [-0.3, -0.25) is 37.3 Å². The van der Waals surface area contributed by atoms with Gasteiger partial charge >= 0.3 is 23.5 Å². The summed E-state index contributed by atoms with van der Waals surface area (Å²) in [7, 11) is -16.5. The number of fused-ring (bicyclic) bond motifs is 1. The number of phosphoric acid groups is 3. The largest absolute Gasteiger partial charge is 0.481 e. The number of nitrogens with two attached hydrogens (primary N) is 2. The summed E-state index contributed by atoms with van der Waals surface area (Å²) in [6, 6.07) is 7.19. The van der Waals surface area contributed by atoms with E-state index in [0.717, 1.165) is 34.5 Å². The predicted octanol–water partition coefficient (Wildman–Crippen LogP) is -0.873. The maximum absolute atomic E-state index is 13.0. The van der Waals surface area contributed by atoms with E-state index in [1.807, 2.05) is 32.0 Å². The number of aliphatic hydroxyl groups excluding tert-OH is 3. The van der Waals surface area contributed by atoms with Crippen LogP contribution in [0.4, 0.5) is 5.82 Å². The van der Waals surface area contributed by atoms with Crippen LogP contribution in [0.25, 0.3) is 11.2 Å². The summed E-state index contributed by atoms with van der Waals surface area (Å²) in [5.74, 6) is -2.29. The monoisotopic (exact) mass is 1060 g/mol. The smallest absolute Gasteiger partial charge is 0.386 e. The van der Waals surface area contributed by atoms with Crippen LogP contribution in [0.5, 0.6) is 0 Å². The second-order valence-corrected chi connectivity index (χ2v) is 22.1. The molecule has 0 aliphatic carbocycles. The van der Waals surface area contributed by atoms with E-state index < -0.39 is 114 Å². The first-order valence-electron chi connectivity index (χ1n) is 20.9. The lowest BCUT2D eigenvalue weighted by Crippen LogP contribution is -2.52. The molecule has 1 aliphatic rings. The van der Waals surface area contributed by atoms with E-state index in [0.29, 0.717) is 0 Å². The fourth-order valence-electron chi connectivity index (χ4n) is 6.52. The highest BCUT2D eigenvalue weighted by Gasteiger charge is 2.50. The second-order valence-electron chi connectivity index (χ2n) is 16.7. The summed E-state index contributed by atoms with van der Waals surface area (Å²) < 4.78 is 62.4. The van der Waals surface area contributed by atoms with Gasteiger partial charge in [0.2, 0.25) is 16.9 Å². The van der Waals surface area contributed by atoms with Gasteiger partial charge in [0.1, 0.15) is 42.4 Å². The molecule has 3 amide bonds. The van der Waals surface area contributed by atoms with Gasteiger partial charge in [-0.25, -0.2) is 28.6 Å². The molecule has 0 saturated carbocycles. The summed E-state index contributed by atoms with van der Waals surface area (Å²) in [5, 5.41) is 39.2. The molecule has 32 heteroatoms. The molecule has 10 atom stereocenters. The fraction of sp³-hybridized carbons (Fsp3) is 0.595. The molecule has 1 aliphatic heterocycles. The number of ether oxygens (including phenoxy) is 1. The van der Waals surface area contributed by atoms with Crippen molar-refractivity contribution in [1.82, 2.24) is 35.5 Å². The van der Waals surface area contributed by atoms with Gasteiger partial charge in [-0.1, -0.05) is 69.8 Å². The molecule has 3 heterocycles. The van der Waals surface area contributed by atoms with Gasteiger partial charge in [-0.2, -0.15) is 4.31 Å². The first-order valence-corrected chi connectivity index (χ1v) is 26.4. The molecule has 0 radical (unpaired) electrons. The molecule has 10 unspecified atom stereocenters. The maximum atomic E-state index is 13.0. The standard InChI is InChI=1S/C37H58N9O19P3S/c1-20(2)14-23(45-33(51)27(48)22(38)15-21-8-6-5-7-9-21)36(53)69-13-12-40-25(47)10-11-41-34(52)30(50)37(3,4)17-62-68(59,60)65-67(57,58)61-16-24-29(64-66(54,55)56)28(49)35(63-24)46-19-44-26-31(39)42-18-43-32(26)46/h5-9,18-20,22-24,27-30,35,48-50H,10-17,38H2,1-4H3,(H,40,47)(H,41,52)(H,45,51)(H,57,58)(H,59,60)(H2,39,42,43)(H2,54,55,56). The highest BCUT2D eigenvalue weighted by atomic mass is 32.2. The van der Waals surface area contributed by atoms with Crippen LogP contribution >= 0.6 is 35.2 Å². The SMILES string of the molecule is CC(C)CC(NC(=O)C(O)C(N)Cc1ccccc1)C(=O)SCCNC(=O)CCNC(=O)C(O)C(C)(C)COP(=O)(O)OP(=O)(O)OCC1OC(n2cnc3c(N)ncnc32)C(O)C1OP(=O)(O)O. The number of anilines is 1. The normalized spacial score (nSPS) is 21.2. The highest BCUT2D eigenvalue weighted by molar-refractivity contribution is 8.13. The Kier molecular flexibility index (Phi) is 20.9. The molecular weight excluding hydrogens is 999 g/mol. The van der Waals surface area contributed by atoms with Gasteiger partial charge in [-0.05, 0) is 24.3 Å². The Morgan fingerprint density at radius 1 is 0.957 bits per heavy atom. The Morgan fingerprint density at radius 3 is 2.28 bits per heavy atom. The van der Waals surface area contributed by atoms with Crippen molar-refractivity contribution in [3.8, 4) is 0 Å². The minimum absolute atomic E-state index is 0.00444. The minimum atomic E-state index is -5.62. The lowest BCUT2D eigenvalue weighted by molar-refractivity contribution is -0.137. The van der Waals surface area contributed by atoms with Gasteiger partial charge in [0.25, 0.3) is 5.91 Å². The highest BCUT2D eigenvalue weighted by Crippen LogP contribution is 2.61. The summed E-state index contributed by atoms with van der Waals surface area (Å²) in [4.78, 5) is 102. The Bertz CT molecular complexity index is 2380. The van der Waals surface area contributed by atoms with Crippen molar-refractivity contribution in [3.05, 3.63) is 48.5 Å². The van der Waals surface area contributed by atoms with Crippen molar-refractivity contribution < 1.29 is 90.4 Å². The fourth-order valence-corrected chi connectivity index (χ4v) is 10.1. The molecule has 1 fully saturated rings. The lowest BCUT2D eigenvalue weighted by atomic mass is 9.87. The Morgan fingerprint density at radius 2 is 1.62 bits per heavy atom. The first kappa shape index (κ1) is 57.7. The van der Waals surface area contributed by atoms with E-state index in [1.165, 1.54) is 13.8 Å². The molecular formula is C37H58N9O19P3S. The third kappa shape index (κ3) is 17.8. The van der Waals surface area contributed by atoms with Gasteiger partial charge in [0.05, 0.1) is 25.6 Å². The molecule has 14 N–H and O–H groups in total. The molecule has 1 aromatic carbocycles. The van der Waals surface area contributed by atoms with Crippen LogP contribution < -0.4 is 27.4 Å². The summed E-state index contributed by atoms with van der Waals surface area (Å²) >= 11 is 0.857. The molecule has 28 nitrogen and oxygen atoms in total. The number of nitrogens with one attached hydrogen (secondary N) is 3. The average molecular weight is 1060 g/mol. The third-order valence-electron chi connectivity index (χ3n) is 10.0. The van der Waals surface area contributed by atoms with E-state index in [4.69, 9.17) is 25.3 Å². The van der Waals surface area contributed by atoms with Crippen LogP contribution in [0.1, 0.15) is 52.3 Å². The predicted molar refractivity (Wildman–Crippen MR) is 243 cm³/mol. The van der Waals surface area contributed by atoms with Gasteiger partial charge in [-0.15, -0.1) is 0 Å². The van der Waals surface area contributed by atoms with Gasteiger partial charge < -0.3 is 67.0 Å². The quantitative estimate of drug-likeness (QED) is 0.0326. The Hall–Kier alpha value is -3.83. The molecule has 0 bridgehead atoms. The van der Waals surface area contributed by atoms with Gasteiger partial charge in [0, 0.05) is 36.7 Å². The number of phosphoric ester groups is 3. The van der Waals surface area contributed by atoms with E-state index in [-0.39, 0.29) is 61.0 Å². The number of aromatic nitrogens is 4. The molecule has 386 valence electrons. The number of imidazole rings is 1. The summed E-state index contributed by atoms with van der Waals surface area (Å²) in [5.41, 5.74) is 11.1. The van der Waals surface area contributed by atoms with Crippen molar-refractivity contribution in [2.45, 2.75) is 95.8 Å². The number of carbonyl (C=O) groups is 4. The molecule has 3 aromatic rings. The topological polar surface area (TPSA) is 439 Å². The van der Waals surface area contributed by atoms with E-state index in [2.05, 4.69) is 39.7 Å². The lowest BCUT2D eigenvalue weighted by Gasteiger charge is -2.30. The van der Waals surface area contributed by atoms with Crippen molar-refractivity contribution in [3.63, 3.8) is 0 Å². The molecule has 0 spiro atoms. The third-order valence-corrected chi connectivity index (χ3v) is 14.1. The molecule has 2 aromatic heterocycles. The van der Waals surface area contributed by atoms with Crippen LogP contribution in [-0.4, -0.2) is 152 Å². The number of aliphatic hydroxyl groups is 3. The molecule has 1 saturated heterocycles. The van der Waals surface area contributed by atoms with Crippen molar-refractivity contribution >= 4 is 75.0 Å². The van der Waals surface area contributed by atoms with Crippen LogP contribution in [0.15, 0.2) is 43.0 Å².